The van der Waals surface area contributed by atoms with Gasteiger partial charge in [0.15, 0.2) is 0 Å². The lowest BCUT2D eigenvalue weighted by Crippen LogP contribution is -2.57. The molecule has 5 aliphatic rings. The Morgan fingerprint density at radius 2 is 1.69 bits per heavy atom. The molecule has 0 unspecified atom stereocenters. The van der Waals surface area contributed by atoms with E-state index in [0.29, 0.717) is 24.8 Å². The fraction of sp³-hybridized carbons (Fsp3) is 0.696. The molecular weight excluding hydrogens is 322 g/mol. The van der Waals surface area contributed by atoms with Crippen molar-refractivity contribution in [1.29, 1.82) is 0 Å². The highest BCUT2D eigenvalue weighted by Gasteiger charge is 2.58. The third-order valence-electron chi connectivity index (χ3n) is 8.10. The second kappa shape index (κ2) is 6.37. The number of hydrogen-bond acceptors (Lipinski definition) is 2. The van der Waals surface area contributed by atoms with E-state index in [0.717, 1.165) is 31.2 Å². The van der Waals surface area contributed by atoms with E-state index in [-0.39, 0.29) is 17.4 Å². The zero-order valence-corrected chi connectivity index (χ0v) is 15.6. The average Bonchev–Trinajstić information content (AvgIpc) is 2.65. The molecule has 0 aromatic heterocycles. The summed E-state index contributed by atoms with van der Waals surface area (Å²) in [5, 5.41) is 10.0. The van der Waals surface area contributed by atoms with Crippen LogP contribution < -0.4 is 0 Å². The molecule has 0 radical (unpaired) electrons. The van der Waals surface area contributed by atoms with E-state index < -0.39 is 0 Å². The lowest BCUT2D eigenvalue weighted by atomic mass is 9.43. The van der Waals surface area contributed by atoms with Gasteiger partial charge in [-0.25, -0.2) is 0 Å². The molecular formula is C23H31NO2. The summed E-state index contributed by atoms with van der Waals surface area (Å²) in [6.45, 7) is 1.35. The standard InChI is InChI=1S/C23H31NO2/c25-21-7-4-8-24(15-21)22(26)14-23(18-5-2-1-3-6-18)19-10-16-9-17(12-19)13-20(23)11-16/h1-3,5-6,16-17,19-21,25H,4,7-15H2/t16?,17?,19?,20?,21-,23?/m0/s1. The topological polar surface area (TPSA) is 40.5 Å². The van der Waals surface area contributed by atoms with E-state index in [1.807, 2.05) is 4.90 Å². The van der Waals surface area contributed by atoms with Crippen LogP contribution in [0.1, 0.15) is 56.9 Å². The van der Waals surface area contributed by atoms with Crippen LogP contribution in [0.3, 0.4) is 0 Å². The number of carbonyl (C=O) groups excluding carboxylic acids is 1. The summed E-state index contributed by atoms with van der Waals surface area (Å²) in [6.07, 6.45) is 8.79. The zero-order valence-electron chi connectivity index (χ0n) is 15.6. The number of nitrogens with zero attached hydrogens (tertiary/aromatic N) is 1. The Morgan fingerprint density at radius 1 is 1.04 bits per heavy atom. The molecule has 3 nitrogen and oxygen atoms in total. The number of aliphatic hydroxyl groups excluding tert-OH is 1. The molecule has 1 heterocycles. The normalized spacial score (nSPS) is 41.4. The van der Waals surface area contributed by atoms with Gasteiger partial charge in [0.2, 0.25) is 5.91 Å². The molecule has 1 atom stereocenters. The number of piperidine rings is 1. The SMILES string of the molecule is O=C(CC1(c2ccccc2)C2CC3CC(C2)CC1C3)N1CCC[C@H](O)C1. The van der Waals surface area contributed by atoms with Crippen LogP contribution >= 0.6 is 0 Å². The van der Waals surface area contributed by atoms with Gasteiger partial charge in [-0.2, -0.15) is 0 Å². The van der Waals surface area contributed by atoms with Crippen molar-refractivity contribution in [1.82, 2.24) is 4.90 Å². The predicted octanol–water partition coefficient (Wildman–Crippen LogP) is 3.75. The maximum atomic E-state index is 13.3. The lowest BCUT2D eigenvalue weighted by Gasteiger charge is -2.61. The first-order valence-corrected chi connectivity index (χ1v) is 10.7. The average molecular weight is 354 g/mol. The second-order valence-corrected chi connectivity index (χ2v) is 9.52. The number of amides is 1. The maximum absolute atomic E-state index is 13.3. The lowest BCUT2D eigenvalue weighted by molar-refractivity contribution is -0.141. The minimum atomic E-state index is -0.334. The smallest absolute Gasteiger partial charge is 0.223 e. The van der Waals surface area contributed by atoms with Crippen molar-refractivity contribution in [2.45, 2.75) is 62.9 Å². The van der Waals surface area contributed by atoms with Crippen molar-refractivity contribution < 1.29 is 9.90 Å². The van der Waals surface area contributed by atoms with Crippen LogP contribution in [0.2, 0.25) is 0 Å². The first kappa shape index (κ1) is 16.8. The third kappa shape index (κ3) is 2.62. The summed E-state index contributed by atoms with van der Waals surface area (Å²) in [6, 6.07) is 11.0. The summed E-state index contributed by atoms with van der Waals surface area (Å²) in [5.74, 6) is 3.42. The minimum Gasteiger partial charge on any atom is -0.391 e. The molecule has 26 heavy (non-hydrogen) atoms. The first-order chi connectivity index (χ1) is 12.6. The molecule has 1 aliphatic heterocycles. The highest BCUT2D eigenvalue weighted by molar-refractivity contribution is 5.78. The van der Waals surface area contributed by atoms with Gasteiger partial charge in [0.05, 0.1) is 6.10 Å². The Hall–Kier alpha value is -1.35. The number of carbonyl (C=O) groups is 1. The quantitative estimate of drug-likeness (QED) is 0.899. The second-order valence-electron chi connectivity index (χ2n) is 9.52. The minimum absolute atomic E-state index is 0.0359. The number of rotatable bonds is 3. The van der Waals surface area contributed by atoms with Crippen molar-refractivity contribution in [3.05, 3.63) is 35.9 Å². The first-order valence-electron chi connectivity index (χ1n) is 10.7. The van der Waals surface area contributed by atoms with Crippen molar-refractivity contribution in [2.24, 2.45) is 23.7 Å². The van der Waals surface area contributed by atoms with Crippen LogP contribution in [0.15, 0.2) is 30.3 Å². The van der Waals surface area contributed by atoms with E-state index in [2.05, 4.69) is 30.3 Å². The number of aliphatic hydroxyl groups is 1. The Bertz CT molecular complexity index is 642. The summed E-state index contributed by atoms with van der Waals surface area (Å²) >= 11 is 0. The van der Waals surface area contributed by atoms with Crippen LogP contribution in [0.4, 0.5) is 0 Å². The van der Waals surface area contributed by atoms with E-state index in [1.165, 1.54) is 37.7 Å². The monoisotopic (exact) mass is 353 g/mol. The molecule has 1 aromatic carbocycles. The zero-order chi connectivity index (χ0) is 17.7. The highest BCUT2D eigenvalue weighted by atomic mass is 16.3. The summed E-state index contributed by atoms with van der Waals surface area (Å²) in [4.78, 5) is 15.3. The number of hydrogen-bond donors (Lipinski definition) is 1. The van der Waals surface area contributed by atoms with Gasteiger partial charge in [0, 0.05) is 24.9 Å². The van der Waals surface area contributed by atoms with Gasteiger partial charge in [-0.3, -0.25) is 4.79 Å². The summed E-state index contributed by atoms with van der Waals surface area (Å²) in [7, 11) is 0. The Kier molecular flexibility index (Phi) is 4.11. The molecule has 140 valence electrons. The number of likely N-dealkylation sites (tertiary alicyclic amines) is 1. The van der Waals surface area contributed by atoms with Crippen molar-refractivity contribution in [3.63, 3.8) is 0 Å². The molecule has 4 bridgehead atoms. The van der Waals surface area contributed by atoms with Crippen molar-refractivity contribution >= 4 is 5.91 Å². The molecule has 6 rings (SSSR count). The van der Waals surface area contributed by atoms with Crippen LogP contribution in [-0.2, 0) is 10.2 Å². The van der Waals surface area contributed by atoms with Gasteiger partial charge in [-0.15, -0.1) is 0 Å². The Morgan fingerprint density at radius 3 is 2.31 bits per heavy atom. The molecule has 3 heteroatoms. The largest absolute Gasteiger partial charge is 0.391 e. The van der Waals surface area contributed by atoms with Crippen molar-refractivity contribution in [2.75, 3.05) is 13.1 Å². The number of benzene rings is 1. The Labute approximate surface area is 156 Å². The van der Waals surface area contributed by atoms with Crippen LogP contribution in [0.5, 0.6) is 0 Å². The summed E-state index contributed by atoms with van der Waals surface area (Å²) < 4.78 is 0. The molecule has 1 N–H and O–H groups in total. The molecule has 1 aromatic rings. The van der Waals surface area contributed by atoms with Gasteiger partial charge >= 0.3 is 0 Å². The van der Waals surface area contributed by atoms with Gasteiger partial charge in [-0.05, 0) is 74.2 Å². The van der Waals surface area contributed by atoms with Gasteiger partial charge < -0.3 is 10.0 Å². The molecule has 1 saturated heterocycles. The number of β-amino-alcohol motifs (C(OH)–C–C–N with tert-alkyl or cyclic N) is 1. The maximum Gasteiger partial charge on any atom is 0.223 e. The summed E-state index contributed by atoms with van der Waals surface area (Å²) in [5.41, 5.74) is 1.44. The van der Waals surface area contributed by atoms with Crippen molar-refractivity contribution in [3.8, 4) is 0 Å². The molecule has 5 fully saturated rings. The van der Waals surface area contributed by atoms with E-state index in [1.54, 1.807) is 0 Å². The van der Waals surface area contributed by atoms with Crippen LogP contribution in [0, 0.1) is 23.7 Å². The van der Waals surface area contributed by atoms with Gasteiger partial charge in [0.1, 0.15) is 0 Å². The van der Waals surface area contributed by atoms with E-state index in [9.17, 15) is 9.90 Å². The fourth-order valence-electron chi connectivity index (χ4n) is 7.18. The molecule has 4 saturated carbocycles. The molecule has 4 aliphatic carbocycles. The van der Waals surface area contributed by atoms with Crippen LogP contribution in [-0.4, -0.2) is 35.1 Å². The van der Waals surface area contributed by atoms with Gasteiger partial charge in [-0.1, -0.05) is 30.3 Å². The molecule has 0 spiro atoms. The highest BCUT2D eigenvalue weighted by Crippen LogP contribution is 2.64. The molecule has 1 amide bonds. The fourth-order valence-corrected chi connectivity index (χ4v) is 7.18. The Balaban J connectivity index is 1.48. The van der Waals surface area contributed by atoms with Gasteiger partial charge in [0.25, 0.3) is 0 Å². The third-order valence-corrected chi connectivity index (χ3v) is 8.10. The predicted molar refractivity (Wildman–Crippen MR) is 102 cm³/mol. The van der Waals surface area contributed by atoms with E-state index in [4.69, 9.17) is 0 Å². The van der Waals surface area contributed by atoms with E-state index >= 15 is 0 Å². The van der Waals surface area contributed by atoms with Crippen LogP contribution in [0.25, 0.3) is 0 Å².